The first kappa shape index (κ1) is 12.9. The molecular formula is C12H14N2O3. The molecule has 0 aromatic heterocycles. The van der Waals surface area contributed by atoms with E-state index in [-0.39, 0.29) is 17.7 Å². The number of nitrogens with one attached hydrogen (secondary N) is 1. The van der Waals surface area contributed by atoms with Crippen molar-refractivity contribution >= 4 is 29.1 Å². The molecule has 0 radical (unpaired) electrons. The van der Waals surface area contributed by atoms with Crippen LogP contribution in [0.2, 0.25) is 0 Å². The van der Waals surface area contributed by atoms with Gasteiger partial charge in [-0.05, 0) is 24.3 Å². The molecule has 0 saturated heterocycles. The predicted octanol–water partition coefficient (Wildman–Crippen LogP) is 1.54. The van der Waals surface area contributed by atoms with Gasteiger partial charge in [0.05, 0.1) is 5.69 Å². The van der Waals surface area contributed by atoms with E-state index in [1.54, 1.807) is 24.3 Å². The maximum atomic E-state index is 11.3. The van der Waals surface area contributed by atoms with Gasteiger partial charge < -0.3 is 5.32 Å². The lowest BCUT2D eigenvalue weighted by molar-refractivity contribution is -0.124. The van der Waals surface area contributed by atoms with Crippen molar-refractivity contribution in [3.63, 3.8) is 0 Å². The van der Waals surface area contributed by atoms with Gasteiger partial charge in [-0.1, -0.05) is 0 Å². The summed E-state index contributed by atoms with van der Waals surface area (Å²) in [5, 5.41) is 2.60. The van der Waals surface area contributed by atoms with Gasteiger partial charge in [0.15, 0.2) is 0 Å². The van der Waals surface area contributed by atoms with E-state index >= 15 is 0 Å². The van der Waals surface area contributed by atoms with Gasteiger partial charge >= 0.3 is 0 Å². The fourth-order valence-corrected chi connectivity index (χ4v) is 1.48. The van der Waals surface area contributed by atoms with Crippen molar-refractivity contribution in [2.75, 3.05) is 10.2 Å². The molecule has 5 nitrogen and oxygen atoms in total. The lowest BCUT2D eigenvalue weighted by Gasteiger charge is -2.17. The first-order chi connectivity index (χ1) is 7.91. The van der Waals surface area contributed by atoms with Gasteiger partial charge in [-0.3, -0.25) is 19.3 Å². The second-order valence-electron chi connectivity index (χ2n) is 3.60. The minimum Gasteiger partial charge on any atom is -0.326 e. The Balaban J connectivity index is 2.96. The number of carbonyl (C=O) groups excluding carboxylic acids is 3. The number of nitrogens with zero attached hydrogens (tertiary/aromatic N) is 1. The molecule has 0 atom stereocenters. The predicted molar refractivity (Wildman–Crippen MR) is 64.6 cm³/mol. The van der Waals surface area contributed by atoms with Crippen LogP contribution in [0.15, 0.2) is 24.3 Å². The molecule has 0 aliphatic carbocycles. The molecule has 17 heavy (non-hydrogen) atoms. The number of carbonyl (C=O) groups is 3. The molecule has 90 valence electrons. The number of imide groups is 1. The molecule has 1 rings (SSSR count). The second-order valence-corrected chi connectivity index (χ2v) is 3.60. The van der Waals surface area contributed by atoms with Crippen molar-refractivity contribution in [3.05, 3.63) is 24.3 Å². The summed E-state index contributed by atoms with van der Waals surface area (Å²) < 4.78 is 0. The highest BCUT2D eigenvalue weighted by molar-refractivity contribution is 6.13. The number of rotatable bonds is 2. The van der Waals surface area contributed by atoms with Gasteiger partial charge in [-0.25, -0.2) is 0 Å². The monoisotopic (exact) mass is 234 g/mol. The van der Waals surface area contributed by atoms with Crippen molar-refractivity contribution < 1.29 is 14.4 Å². The normalized spacial score (nSPS) is 9.59. The number of benzene rings is 1. The lowest BCUT2D eigenvalue weighted by Crippen LogP contribution is -2.32. The highest BCUT2D eigenvalue weighted by atomic mass is 16.2. The molecule has 1 aromatic rings. The maximum Gasteiger partial charge on any atom is 0.230 e. The molecule has 0 heterocycles. The van der Waals surface area contributed by atoms with Crippen LogP contribution in [0.25, 0.3) is 0 Å². The second kappa shape index (κ2) is 5.25. The summed E-state index contributed by atoms with van der Waals surface area (Å²) in [5.41, 5.74) is 1.10. The third-order valence-corrected chi connectivity index (χ3v) is 2.08. The van der Waals surface area contributed by atoms with Gasteiger partial charge in [-0.15, -0.1) is 0 Å². The minimum atomic E-state index is -0.343. The van der Waals surface area contributed by atoms with Crippen LogP contribution in [-0.4, -0.2) is 17.7 Å². The molecule has 0 spiro atoms. The molecule has 0 bridgehead atoms. The third-order valence-electron chi connectivity index (χ3n) is 2.08. The van der Waals surface area contributed by atoms with Crippen molar-refractivity contribution in [2.24, 2.45) is 0 Å². The van der Waals surface area contributed by atoms with E-state index in [0.29, 0.717) is 11.4 Å². The first-order valence-electron chi connectivity index (χ1n) is 5.10. The minimum absolute atomic E-state index is 0.173. The summed E-state index contributed by atoms with van der Waals surface area (Å²) in [6.45, 7) is 4.05. The largest absolute Gasteiger partial charge is 0.326 e. The average Bonchev–Trinajstić information content (AvgIpc) is 2.18. The van der Waals surface area contributed by atoms with Gasteiger partial charge in [0.25, 0.3) is 0 Å². The van der Waals surface area contributed by atoms with E-state index in [1.165, 1.54) is 20.8 Å². The highest BCUT2D eigenvalue weighted by Gasteiger charge is 2.15. The molecule has 0 aliphatic heterocycles. The van der Waals surface area contributed by atoms with Crippen LogP contribution in [0.1, 0.15) is 20.8 Å². The molecule has 0 unspecified atom stereocenters. The number of hydrogen-bond donors (Lipinski definition) is 1. The van der Waals surface area contributed by atoms with Crippen LogP contribution in [0.5, 0.6) is 0 Å². The fourth-order valence-electron chi connectivity index (χ4n) is 1.48. The van der Waals surface area contributed by atoms with Crippen LogP contribution in [0, 0.1) is 0 Å². The topological polar surface area (TPSA) is 66.5 Å². The van der Waals surface area contributed by atoms with E-state index in [4.69, 9.17) is 0 Å². The summed E-state index contributed by atoms with van der Waals surface area (Å²) in [5.74, 6) is -0.859. The molecule has 1 aromatic carbocycles. The molecule has 5 heteroatoms. The Hall–Kier alpha value is -2.17. The zero-order valence-corrected chi connectivity index (χ0v) is 9.98. The Morgan fingerprint density at radius 2 is 1.41 bits per heavy atom. The van der Waals surface area contributed by atoms with Gasteiger partial charge in [0, 0.05) is 26.5 Å². The maximum absolute atomic E-state index is 11.3. The van der Waals surface area contributed by atoms with Gasteiger partial charge in [0.1, 0.15) is 0 Å². The van der Waals surface area contributed by atoms with E-state index in [0.717, 1.165) is 4.90 Å². The van der Waals surface area contributed by atoms with Crippen LogP contribution < -0.4 is 10.2 Å². The standard InChI is InChI=1S/C12H14N2O3/c1-8(15)13-11-4-6-12(7-5-11)14(9(2)16)10(3)17/h4-7H,1-3H3,(H,13,15). The smallest absolute Gasteiger partial charge is 0.230 e. The Labute approximate surface area is 99.4 Å². The molecule has 1 N–H and O–H groups in total. The SMILES string of the molecule is CC(=O)Nc1ccc(N(C(C)=O)C(C)=O)cc1. The number of hydrogen-bond acceptors (Lipinski definition) is 3. The third kappa shape index (κ3) is 3.41. The lowest BCUT2D eigenvalue weighted by atomic mass is 10.2. The molecule has 0 fully saturated rings. The first-order valence-corrected chi connectivity index (χ1v) is 5.10. The van der Waals surface area contributed by atoms with E-state index in [2.05, 4.69) is 5.32 Å². The molecular weight excluding hydrogens is 220 g/mol. The van der Waals surface area contributed by atoms with Gasteiger partial charge in [0.2, 0.25) is 17.7 Å². The van der Waals surface area contributed by atoms with Crippen molar-refractivity contribution in [2.45, 2.75) is 20.8 Å². The van der Waals surface area contributed by atoms with Crippen LogP contribution in [0.3, 0.4) is 0 Å². The fraction of sp³-hybridized carbons (Fsp3) is 0.250. The van der Waals surface area contributed by atoms with Crippen molar-refractivity contribution in [1.29, 1.82) is 0 Å². The Morgan fingerprint density at radius 3 is 1.76 bits per heavy atom. The number of anilines is 2. The average molecular weight is 234 g/mol. The molecule has 0 aliphatic rings. The zero-order valence-electron chi connectivity index (χ0n) is 9.98. The van der Waals surface area contributed by atoms with Gasteiger partial charge in [-0.2, -0.15) is 0 Å². The van der Waals surface area contributed by atoms with Crippen LogP contribution in [0.4, 0.5) is 11.4 Å². The summed E-state index contributed by atoms with van der Waals surface area (Å²) in [6, 6.07) is 6.48. The Kier molecular flexibility index (Phi) is 3.98. The van der Waals surface area contributed by atoms with E-state index in [1.807, 2.05) is 0 Å². The molecule has 3 amide bonds. The van der Waals surface area contributed by atoms with E-state index in [9.17, 15) is 14.4 Å². The number of amides is 3. The van der Waals surface area contributed by atoms with Crippen molar-refractivity contribution in [3.8, 4) is 0 Å². The van der Waals surface area contributed by atoms with Crippen molar-refractivity contribution in [1.82, 2.24) is 0 Å². The summed E-state index contributed by atoms with van der Waals surface area (Å²) in [7, 11) is 0. The van der Waals surface area contributed by atoms with Crippen LogP contribution in [-0.2, 0) is 14.4 Å². The zero-order chi connectivity index (χ0) is 13.0. The summed E-state index contributed by atoms with van der Waals surface area (Å²) >= 11 is 0. The van der Waals surface area contributed by atoms with Crippen LogP contribution >= 0.6 is 0 Å². The Morgan fingerprint density at radius 1 is 0.941 bits per heavy atom. The Bertz CT molecular complexity index is 437. The van der Waals surface area contributed by atoms with E-state index < -0.39 is 0 Å². The summed E-state index contributed by atoms with van der Waals surface area (Å²) in [4.78, 5) is 34.5. The summed E-state index contributed by atoms with van der Waals surface area (Å²) in [6.07, 6.45) is 0. The highest BCUT2D eigenvalue weighted by Crippen LogP contribution is 2.18. The quantitative estimate of drug-likeness (QED) is 0.844. The molecule has 0 saturated carbocycles.